The van der Waals surface area contributed by atoms with Gasteiger partial charge in [0, 0.05) is 24.0 Å². The predicted molar refractivity (Wildman–Crippen MR) is 109 cm³/mol. The number of carbonyl (C=O) groups is 1. The number of rotatable bonds is 5. The fourth-order valence-electron chi connectivity index (χ4n) is 2.52. The lowest BCUT2D eigenvalue weighted by Crippen LogP contribution is -2.41. The fourth-order valence-corrected chi connectivity index (χ4v) is 4.62. The second-order valence-corrected chi connectivity index (χ2v) is 9.45. The van der Waals surface area contributed by atoms with E-state index in [2.05, 4.69) is 21.9 Å². The predicted octanol–water partition coefficient (Wildman–Crippen LogP) is 3.61. The number of alkyl halides is 3. The van der Waals surface area contributed by atoms with E-state index in [0.717, 1.165) is 19.5 Å². The van der Waals surface area contributed by atoms with Crippen LogP contribution in [0.1, 0.15) is 13.3 Å². The lowest BCUT2D eigenvalue weighted by Gasteiger charge is -2.30. The summed E-state index contributed by atoms with van der Waals surface area (Å²) in [5.74, 6) is -1.89. The molecule has 2 aromatic rings. The topological polar surface area (TPSA) is 118 Å². The number of benzene rings is 1. The Balaban J connectivity index is 0.000000423. The van der Waals surface area contributed by atoms with Gasteiger partial charge < -0.3 is 15.2 Å². The summed E-state index contributed by atoms with van der Waals surface area (Å²) < 4.78 is 64.8. The van der Waals surface area contributed by atoms with E-state index in [1.165, 1.54) is 29.7 Å². The lowest BCUT2D eigenvalue weighted by molar-refractivity contribution is -0.192. The molecule has 31 heavy (non-hydrogen) atoms. The first kappa shape index (κ1) is 25.2. The van der Waals surface area contributed by atoms with E-state index in [-0.39, 0.29) is 16.0 Å². The number of carboxylic acid groups (broad SMARTS) is 1. The first-order valence-corrected chi connectivity index (χ1v) is 11.5. The molecule has 0 aliphatic carbocycles. The number of aliphatic carboxylic acids is 1. The molecule has 0 saturated carbocycles. The molecule has 172 valence electrons. The number of thiazole rings is 1. The summed E-state index contributed by atoms with van der Waals surface area (Å²) in [7, 11) is -3.72. The molecule has 0 radical (unpaired) electrons. The summed E-state index contributed by atoms with van der Waals surface area (Å²) in [4.78, 5) is 12.9. The number of halogens is 4. The SMILES string of the molecule is C[C@H]1CNCCC1Oc1ccc(S(=O)(=O)Nc2nccs2)cc1Cl.O=C(O)C(F)(F)F. The van der Waals surface area contributed by atoms with Crippen LogP contribution in [0, 0.1) is 5.92 Å². The monoisotopic (exact) mass is 501 g/mol. The number of hydrogen-bond donors (Lipinski definition) is 3. The summed E-state index contributed by atoms with van der Waals surface area (Å²) in [5.41, 5.74) is 0. The summed E-state index contributed by atoms with van der Waals surface area (Å²) in [6.45, 7) is 3.91. The summed E-state index contributed by atoms with van der Waals surface area (Å²) in [6.07, 6.45) is -2.59. The van der Waals surface area contributed by atoms with Gasteiger partial charge in [-0.25, -0.2) is 18.2 Å². The molecule has 1 aromatic carbocycles. The van der Waals surface area contributed by atoms with Crippen molar-refractivity contribution in [1.82, 2.24) is 10.3 Å². The quantitative estimate of drug-likeness (QED) is 0.573. The Hall–Kier alpha value is -2.09. The highest BCUT2D eigenvalue weighted by atomic mass is 35.5. The third-order valence-corrected chi connectivity index (χ3v) is 6.54. The average Bonchev–Trinajstić information content (AvgIpc) is 3.17. The van der Waals surface area contributed by atoms with Gasteiger partial charge >= 0.3 is 12.1 Å². The zero-order valence-corrected chi connectivity index (χ0v) is 18.4. The van der Waals surface area contributed by atoms with E-state index >= 15 is 0 Å². The molecule has 1 unspecified atom stereocenters. The van der Waals surface area contributed by atoms with Crippen LogP contribution < -0.4 is 14.8 Å². The van der Waals surface area contributed by atoms with Crippen LogP contribution in [0.4, 0.5) is 18.3 Å². The Morgan fingerprint density at radius 2 is 2.10 bits per heavy atom. The molecule has 3 N–H and O–H groups in total. The number of sulfonamides is 1. The number of ether oxygens (including phenoxy) is 1. The van der Waals surface area contributed by atoms with Crippen LogP contribution in [0.15, 0.2) is 34.7 Å². The van der Waals surface area contributed by atoms with Crippen molar-refractivity contribution in [2.45, 2.75) is 30.5 Å². The molecule has 1 saturated heterocycles. The Morgan fingerprint density at radius 1 is 1.42 bits per heavy atom. The molecule has 1 fully saturated rings. The molecule has 8 nitrogen and oxygen atoms in total. The van der Waals surface area contributed by atoms with E-state index in [0.29, 0.717) is 16.8 Å². The molecule has 0 spiro atoms. The molecule has 1 aliphatic rings. The van der Waals surface area contributed by atoms with E-state index in [4.69, 9.17) is 26.2 Å². The minimum Gasteiger partial charge on any atom is -0.488 e. The van der Waals surface area contributed by atoms with Crippen LogP contribution in [0.5, 0.6) is 5.75 Å². The smallest absolute Gasteiger partial charge is 0.488 e. The first-order chi connectivity index (χ1) is 14.4. The number of piperidine rings is 1. The molecule has 14 heteroatoms. The normalized spacial score (nSPS) is 19.1. The molecular weight excluding hydrogens is 483 g/mol. The zero-order chi connectivity index (χ0) is 23.2. The Bertz CT molecular complexity index is 987. The van der Waals surface area contributed by atoms with Gasteiger partial charge in [0.1, 0.15) is 11.9 Å². The zero-order valence-electron chi connectivity index (χ0n) is 16.0. The summed E-state index contributed by atoms with van der Waals surface area (Å²) >= 11 is 7.45. The van der Waals surface area contributed by atoms with Gasteiger partial charge in [-0.05, 0) is 31.2 Å². The standard InChI is InChI=1S/C15H18ClN3O3S2.C2HF3O2/c1-10-9-17-5-4-13(10)22-14-3-2-11(8-12(14)16)24(20,21)19-15-18-6-7-23-15;3-2(4,5)1(6)7/h2-3,6-8,10,13,17H,4-5,9H2,1H3,(H,18,19);(H,6,7)/t10-,13?;/m0./s1. The Labute approximate surface area is 185 Å². The molecule has 0 amide bonds. The first-order valence-electron chi connectivity index (χ1n) is 8.79. The molecule has 3 rings (SSSR count). The number of aromatic nitrogens is 1. The van der Waals surface area contributed by atoms with Crippen molar-refractivity contribution in [2.75, 3.05) is 17.8 Å². The van der Waals surface area contributed by atoms with Crippen molar-refractivity contribution < 1.29 is 36.2 Å². The average molecular weight is 502 g/mol. The van der Waals surface area contributed by atoms with Gasteiger partial charge in [-0.15, -0.1) is 11.3 Å². The second-order valence-electron chi connectivity index (χ2n) is 6.46. The number of carboxylic acids is 1. The highest BCUT2D eigenvalue weighted by Gasteiger charge is 2.38. The van der Waals surface area contributed by atoms with Gasteiger partial charge in [0.2, 0.25) is 0 Å². The molecule has 1 aliphatic heterocycles. The van der Waals surface area contributed by atoms with E-state index < -0.39 is 22.2 Å². The van der Waals surface area contributed by atoms with Crippen molar-refractivity contribution in [3.05, 3.63) is 34.8 Å². The van der Waals surface area contributed by atoms with Gasteiger partial charge in [0.05, 0.1) is 9.92 Å². The van der Waals surface area contributed by atoms with Crippen LogP contribution in [-0.4, -0.2) is 49.8 Å². The van der Waals surface area contributed by atoms with Crippen molar-refractivity contribution in [3.8, 4) is 5.75 Å². The van der Waals surface area contributed by atoms with E-state index in [1.807, 2.05) is 0 Å². The maximum atomic E-state index is 12.4. The Morgan fingerprint density at radius 3 is 2.61 bits per heavy atom. The Kier molecular flexibility index (Phi) is 8.51. The number of anilines is 1. The molecular formula is C17H19ClF3N3O5S2. The van der Waals surface area contributed by atoms with Crippen molar-refractivity contribution in [1.29, 1.82) is 0 Å². The van der Waals surface area contributed by atoms with E-state index in [9.17, 15) is 21.6 Å². The van der Waals surface area contributed by atoms with Crippen LogP contribution in [0.25, 0.3) is 0 Å². The second kappa shape index (κ2) is 10.5. The van der Waals surface area contributed by atoms with Crippen LogP contribution in [0.2, 0.25) is 5.02 Å². The van der Waals surface area contributed by atoms with Gasteiger partial charge in [-0.2, -0.15) is 13.2 Å². The maximum Gasteiger partial charge on any atom is 0.490 e. The van der Waals surface area contributed by atoms with Crippen molar-refractivity contribution in [2.24, 2.45) is 5.92 Å². The van der Waals surface area contributed by atoms with Crippen LogP contribution in [-0.2, 0) is 14.8 Å². The maximum absolute atomic E-state index is 12.4. The van der Waals surface area contributed by atoms with E-state index in [1.54, 1.807) is 11.4 Å². The minimum absolute atomic E-state index is 0.0691. The van der Waals surface area contributed by atoms with Gasteiger partial charge in [0.25, 0.3) is 10.0 Å². The van der Waals surface area contributed by atoms with Gasteiger partial charge in [0.15, 0.2) is 5.13 Å². The third-order valence-electron chi connectivity index (χ3n) is 4.10. The third kappa shape index (κ3) is 7.52. The highest BCUT2D eigenvalue weighted by Crippen LogP contribution is 2.31. The summed E-state index contributed by atoms with van der Waals surface area (Å²) in [6, 6.07) is 4.50. The van der Waals surface area contributed by atoms with Crippen molar-refractivity contribution in [3.63, 3.8) is 0 Å². The lowest BCUT2D eigenvalue weighted by atomic mass is 9.98. The van der Waals surface area contributed by atoms with Crippen molar-refractivity contribution >= 4 is 44.1 Å². The molecule has 2 heterocycles. The largest absolute Gasteiger partial charge is 0.490 e. The fraction of sp³-hybridized carbons (Fsp3) is 0.412. The molecule has 2 atom stereocenters. The highest BCUT2D eigenvalue weighted by molar-refractivity contribution is 7.93. The van der Waals surface area contributed by atoms with Gasteiger partial charge in [-0.1, -0.05) is 18.5 Å². The summed E-state index contributed by atoms with van der Waals surface area (Å²) in [5, 5.41) is 12.7. The number of nitrogens with zero attached hydrogens (tertiary/aromatic N) is 1. The number of nitrogens with one attached hydrogen (secondary N) is 2. The molecule has 1 aromatic heterocycles. The van der Waals surface area contributed by atoms with Crippen LogP contribution >= 0.6 is 22.9 Å². The molecule has 0 bridgehead atoms. The van der Waals surface area contributed by atoms with Crippen LogP contribution in [0.3, 0.4) is 0 Å². The number of hydrogen-bond acceptors (Lipinski definition) is 7. The minimum atomic E-state index is -5.08. The van der Waals surface area contributed by atoms with Gasteiger partial charge in [-0.3, -0.25) is 4.72 Å².